The molecule has 0 aliphatic rings. The summed E-state index contributed by atoms with van der Waals surface area (Å²) in [4.78, 5) is 40.5. The lowest BCUT2D eigenvalue weighted by molar-refractivity contribution is -0.198. The van der Waals surface area contributed by atoms with Gasteiger partial charge in [-0.2, -0.15) is 0 Å². The number of aliphatic hydroxyl groups is 3. The summed E-state index contributed by atoms with van der Waals surface area (Å²) < 4.78 is 0. The highest BCUT2D eigenvalue weighted by atomic mass is 16.4. The zero-order valence-electron chi connectivity index (χ0n) is 21.8. The maximum absolute atomic E-state index is 13.7. The van der Waals surface area contributed by atoms with Crippen LogP contribution in [0, 0.1) is 11.8 Å². The van der Waals surface area contributed by atoms with Crippen LogP contribution in [0.5, 0.6) is 0 Å². The molecule has 33 heavy (non-hydrogen) atoms. The van der Waals surface area contributed by atoms with Crippen molar-refractivity contribution in [2.45, 2.75) is 136 Å². The number of rotatable bonds is 21. The quantitative estimate of drug-likeness (QED) is 0.162. The van der Waals surface area contributed by atoms with E-state index in [4.69, 9.17) is 0 Å². The second-order valence-corrected chi connectivity index (χ2v) is 9.54. The first-order valence-electron chi connectivity index (χ1n) is 13.3. The highest BCUT2D eigenvalue weighted by Crippen LogP contribution is 2.36. The maximum atomic E-state index is 13.7. The van der Waals surface area contributed by atoms with Crippen molar-refractivity contribution in [2.75, 3.05) is 6.61 Å². The Morgan fingerprint density at radius 1 is 0.667 bits per heavy atom. The molecule has 0 aliphatic heterocycles. The van der Waals surface area contributed by atoms with Gasteiger partial charge in [0, 0.05) is 18.3 Å². The number of aliphatic hydroxyl groups excluding tert-OH is 1. The van der Waals surface area contributed by atoms with Gasteiger partial charge in [-0.15, -0.1) is 0 Å². The van der Waals surface area contributed by atoms with Crippen molar-refractivity contribution in [3.05, 3.63) is 0 Å². The molecule has 0 radical (unpaired) electrons. The molecule has 0 amide bonds. The fourth-order valence-corrected chi connectivity index (χ4v) is 4.56. The number of unbranched alkanes of at least 4 members (excludes halogenated alkanes) is 6. The lowest BCUT2D eigenvalue weighted by atomic mass is 9.66. The fourth-order valence-electron chi connectivity index (χ4n) is 4.56. The molecule has 0 saturated heterocycles. The van der Waals surface area contributed by atoms with Gasteiger partial charge in [0.05, 0.1) is 6.61 Å². The van der Waals surface area contributed by atoms with E-state index in [9.17, 15) is 29.7 Å². The molecule has 0 aromatic heterocycles. The third-order valence-electron chi connectivity index (χ3n) is 7.05. The molecule has 0 spiro atoms. The van der Waals surface area contributed by atoms with Crippen LogP contribution in [0.15, 0.2) is 0 Å². The van der Waals surface area contributed by atoms with Crippen LogP contribution in [-0.2, 0) is 14.4 Å². The average molecular weight is 471 g/mol. The number of Topliss-reactive ketones (excluding diaryl/α,β-unsaturated/α-hetero) is 3. The van der Waals surface area contributed by atoms with Crippen LogP contribution in [0.25, 0.3) is 0 Å². The van der Waals surface area contributed by atoms with Crippen LogP contribution in [0.3, 0.4) is 0 Å². The summed E-state index contributed by atoms with van der Waals surface area (Å²) in [5, 5.41) is 33.3. The molecular weight excluding hydrogens is 420 g/mol. The Balaban J connectivity index is 6.24. The number of carbonyl (C=O) groups is 3. The zero-order valence-corrected chi connectivity index (χ0v) is 21.8. The Kier molecular flexibility index (Phi) is 16.0. The molecule has 0 aromatic rings. The van der Waals surface area contributed by atoms with Gasteiger partial charge in [-0.05, 0) is 32.1 Å². The molecule has 194 valence electrons. The minimum Gasteiger partial charge on any atom is -0.393 e. The summed E-state index contributed by atoms with van der Waals surface area (Å²) in [5.74, 6) is -3.82. The van der Waals surface area contributed by atoms with Crippen LogP contribution >= 0.6 is 0 Å². The zero-order chi connectivity index (χ0) is 25.5. The highest BCUT2D eigenvalue weighted by molar-refractivity contribution is 6.17. The van der Waals surface area contributed by atoms with Gasteiger partial charge in [0.15, 0.2) is 23.0 Å². The second-order valence-electron chi connectivity index (χ2n) is 9.54. The normalized spacial score (nSPS) is 17.1. The van der Waals surface area contributed by atoms with Crippen molar-refractivity contribution in [3.8, 4) is 0 Å². The summed E-state index contributed by atoms with van der Waals surface area (Å²) >= 11 is 0. The van der Waals surface area contributed by atoms with Crippen LogP contribution in [0.4, 0.5) is 0 Å². The Bertz CT molecular complexity index is 559. The van der Waals surface area contributed by atoms with Crippen molar-refractivity contribution in [2.24, 2.45) is 11.8 Å². The van der Waals surface area contributed by atoms with Crippen LogP contribution in [0.1, 0.15) is 125 Å². The number of hydrogen-bond donors (Lipinski definition) is 3. The fraction of sp³-hybridized carbons (Fsp3) is 0.889. The van der Waals surface area contributed by atoms with E-state index in [1.165, 1.54) is 0 Å². The Hall–Kier alpha value is -1.11. The molecule has 0 rings (SSSR count). The average Bonchev–Trinajstić information content (AvgIpc) is 2.83. The smallest absolute Gasteiger partial charge is 0.220 e. The third-order valence-corrected chi connectivity index (χ3v) is 7.05. The summed E-state index contributed by atoms with van der Waals surface area (Å²) in [6, 6.07) is 0. The minimum atomic E-state index is -2.94. The number of ketones is 3. The molecule has 0 heterocycles. The Morgan fingerprint density at radius 3 is 1.45 bits per heavy atom. The molecule has 0 saturated carbocycles. The molecule has 6 heteroatoms. The first kappa shape index (κ1) is 31.9. The van der Waals surface area contributed by atoms with E-state index in [2.05, 4.69) is 6.92 Å². The van der Waals surface area contributed by atoms with Gasteiger partial charge >= 0.3 is 0 Å². The van der Waals surface area contributed by atoms with E-state index >= 15 is 0 Å². The van der Waals surface area contributed by atoms with Crippen LogP contribution in [0.2, 0.25) is 0 Å². The van der Waals surface area contributed by atoms with Crippen molar-refractivity contribution in [1.29, 1.82) is 0 Å². The van der Waals surface area contributed by atoms with Crippen molar-refractivity contribution >= 4 is 17.3 Å². The predicted octanol–water partition coefficient (Wildman–Crippen LogP) is 4.94. The molecule has 3 unspecified atom stereocenters. The van der Waals surface area contributed by atoms with Crippen molar-refractivity contribution in [1.82, 2.24) is 0 Å². The van der Waals surface area contributed by atoms with E-state index in [1.807, 2.05) is 13.8 Å². The predicted molar refractivity (Wildman–Crippen MR) is 132 cm³/mol. The topological polar surface area (TPSA) is 112 Å². The summed E-state index contributed by atoms with van der Waals surface area (Å²) in [6.45, 7) is 8.48. The first-order chi connectivity index (χ1) is 15.7. The Labute approximate surface area is 201 Å². The molecule has 0 aliphatic carbocycles. The number of carbonyl (C=O) groups excluding carboxylic acids is 3. The monoisotopic (exact) mass is 470 g/mol. The van der Waals surface area contributed by atoms with Crippen LogP contribution < -0.4 is 0 Å². The van der Waals surface area contributed by atoms with E-state index in [1.54, 1.807) is 13.8 Å². The second kappa shape index (κ2) is 16.5. The SMILES string of the molecule is CCCCCCCC(=O)C(O)(CO)C(O)(C(=O)C(CC)CCCC)C(=O)C(CC)CCCC. The molecule has 3 atom stereocenters. The van der Waals surface area contributed by atoms with E-state index < -0.39 is 47.0 Å². The van der Waals surface area contributed by atoms with Gasteiger partial charge in [0.2, 0.25) is 5.60 Å². The van der Waals surface area contributed by atoms with Crippen molar-refractivity contribution < 1.29 is 29.7 Å². The lowest BCUT2D eigenvalue weighted by Crippen LogP contribution is -2.71. The maximum Gasteiger partial charge on any atom is 0.220 e. The molecule has 6 nitrogen and oxygen atoms in total. The molecular formula is C27H50O6. The lowest BCUT2D eigenvalue weighted by Gasteiger charge is -2.42. The molecule has 3 N–H and O–H groups in total. The summed E-state index contributed by atoms with van der Waals surface area (Å²) in [6.07, 6.45) is 8.97. The van der Waals surface area contributed by atoms with Gasteiger partial charge < -0.3 is 15.3 Å². The van der Waals surface area contributed by atoms with E-state index in [0.29, 0.717) is 32.1 Å². The largest absolute Gasteiger partial charge is 0.393 e. The summed E-state index contributed by atoms with van der Waals surface area (Å²) in [5.41, 5.74) is -5.77. The van der Waals surface area contributed by atoms with Gasteiger partial charge in [0.1, 0.15) is 0 Å². The standard InChI is InChI=1S/C27H50O6/c1-6-11-14-15-16-19-23(29)26(32,20-28)27(33,24(30)21(9-4)17-12-7-2)25(31)22(10-5)18-13-8-3/h21-22,28,32-33H,6-20H2,1-5H3. The first-order valence-corrected chi connectivity index (χ1v) is 13.3. The summed E-state index contributed by atoms with van der Waals surface area (Å²) in [7, 11) is 0. The Morgan fingerprint density at radius 2 is 1.09 bits per heavy atom. The molecule has 0 fully saturated rings. The number of hydrogen-bond acceptors (Lipinski definition) is 6. The highest BCUT2D eigenvalue weighted by Gasteiger charge is 2.64. The molecule has 0 aromatic carbocycles. The van der Waals surface area contributed by atoms with E-state index in [0.717, 1.165) is 51.4 Å². The van der Waals surface area contributed by atoms with Crippen LogP contribution in [-0.4, -0.2) is 50.5 Å². The van der Waals surface area contributed by atoms with Gasteiger partial charge in [-0.25, -0.2) is 0 Å². The van der Waals surface area contributed by atoms with Gasteiger partial charge in [-0.1, -0.05) is 86.0 Å². The third kappa shape index (κ3) is 8.25. The van der Waals surface area contributed by atoms with Gasteiger partial charge in [-0.3, -0.25) is 14.4 Å². The molecule has 0 bridgehead atoms. The van der Waals surface area contributed by atoms with Crippen molar-refractivity contribution in [3.63, 3.8) is 0 Å². The van der Waals surface area contributed by atoms with E-state index in [-0.39, 0.29) is 6.42 Å². The van der Waals surface area contributed by atoms with Gasteiger partial charge in [0.25, 0.3) is 0 Å². The minimum absolute atomic E-state index is 0.0961.